The third-order valence-corrected chi connectivity index (χ3v) is 4.64. The van der Waals surface area contributed by atoms with Gasteiger partial charge in [0.05, 0.1) is 19.1 Å². The molecule has 2 N–H and O–H groups in total. The van der Waals surface area contributed by atoms with Crippen LogP contribution in [0.3, 0.4) is 0 Å². The van der Waals surface area contributed by atoms with E-state index in [1.807, 2.05) is 0 Å². The highest BCUT2D eigenvalue weighted by Crippen LogP contribution is 2.23. The number of rotatable bonds is 7. The van der Waals surface area contributed by atoms with E-state index in [4.69, 9.17) is 4.74 Å². The normalized spacial score (nSPS) is 10.8. The van der Waals surface area contributed by atoms with E-state index in [1.54, 1.807) is 42.5 Å². The molecule has 0 aliphatic heterocycles. The van der Waals surface area contributed by atoms with Crippen molar-refractivity contribution < 1.29 is 22.7 Å². The minimum Gasteiger partial charge on any atom is -0.497 e. The minimum absolute atomic E-state index is 0.236. The van der Waals surface area contributed by atoms with Crippen LogP contribution in [0.15, 0.2) is 48.5 Å². The van der Waals surface area contributed by atoms with Crippen LogP contribution in [0.2, 0.25) is 0 Å². The van der Waals surface area contributed by atoms with Gasteiger partial charge in [-0.1, -0.05) is 12.1 Å². The maximum Gasteiger partial charge on any atom is 0.245 e. The summed E-state index contributed by atoms with van der Waals surface area (Å²) in [5.74, 6) is -0.285. The molecule has 0 unspecified atom stereocenters. The summed E-state index contributed by atoms with van der Waals surface area (Å²) in [4.78, 5) is 23.5. The zero-order chi connectivity index (χ0) is 20.0. The van der Waals surface area contributed by atoms with Crippen LogP contribution in [-0.2, 0) is 19.6 Å². The first-order chi connectivity index (χ1) is 12.7. The van der Waals surface area contributed by atoms with Crippen LogP contribution in [0.5, 0.6) is 5.75 Å². The van der Waals surface area contributed by atoms with Gasteiger partial charge in [0.1, 0.15) is 12.3 Å². The third kappa shape index (κ3) is 6.00. The summed E-state index contributed by atoms with van der Waals surface area (Å²) >= 11 is 0. The molecule has 0 radical (unpaired) electrons. The molecule has 144 valence electrons. The number of sulfonamides is 1. The number of nitrogens with zero attached hydrogens (tertiary/aromatic N) is 1. The first-order valence-electron chi connectivity index (χ1n) is 7.98. The van der Waals surface area contributed by atoms with Gasteiger partial charge in [0, 0.05) is 24.4 Å². The van der Waals surface area contributed by atoms with Gasteiger partial charge in [-0.3, -0.25) is 13.9 Å². The lowest BCUT2D eigenvalue weighted by molar-refractivity contribution is -0.115. The second-order valence-corrected chi connectivity index (χ2v) is 7.69. The summed E-state index contributed by atoms with van der Waals surface area (Å²) in [6, 6.07) is 13.0. The number of anilines is 3. The molecule has 8 nitrogen and oxygen atoms in total. The van der Waals surface area contributed by atoms with Crippen molar-refractivity contribution >= 4 is 38.9 Å². The average molecular weight is 391 g/mol. The number of ether oxygens (including phenoxy) is 1. The Morgan fingerprint density at radius 2 is 1.67 bits per heavy atom. The van der Waals surface area contributed by atoms with Gasteiger partial charge in [-0.05, 0) is 30.3 Å². The summed E-state index contributed by atoms with van der Waals surface area (Å²) in [5.41, 5.74) is 1.28. The SMILES string of the molecule is COc1cccc(N(CC(=O)Nc2cccc(NC(C)=O)c2)S(C)(=O)=O)c1. The van der Waals surface area contributed by atoms with Gasteiger partial charge in [-0.2, -0.15) is 0 Å². The van der Waals surface area contributed by atoms with Gasteiger partial charge < -0.3 is 15.4 Å². The molecule has 0 aliphatic carbocycles. The van der Waals surface area contributed by atoms with Gasteiger partial charge in [0.15, 0.2) is 0 Å². The van der Waals surface area contributed by atoms with E-state index < -0.39 is 22.5 Å². The Bertz CT molecular complexity index is 944. The number of carbonyl (C=O) groups excluding carboxylic acids is 2. The van der Waals surface area contributed by atoms with Crippen LogP contribution in [0.1, 0.15) is 6.92 Å². The van der Waals surface area contributed by atoms with Crippen molar-refractivity contribution in [2.45, 2.75) is 6.92 Å². The number of methoxy groups -OCH3 is 1. The van der Waals surface area contributed by atoms with Gasteiger partial charge in [0.2, 0.25) is 21.8 Å². The van der Waals surface area contributed by atoms with Crippen molar-refractivity contribution in [1.29, 1.82) is 0 Å². The Morgan fingerprint density at radius 3 is 2.26 bits per heavy atom. The van der Waals surface area contributed by atoms with Gasteiger partial charge in [-0.15, -0.1) is 0 Å². The zero-order valence-electron chi connectivity index (χ0n) is 15.2. The van der Waals surface area contributed by atoms with Crippen LogP contribution in [0.25, 0.3) is 0 Å². The third-order valence-electron chi connectivity index (χ3n) is 3.50. The number of hydrogen-bond acceptors (Lipinski definition) is 5. The molecule has 2 aromatic rings. The van der Waals surface area contributed by atoms with E-state index in [9.17, 15) is 18.0 Å². The van der Waals surface area contributed by atoms with Crippen LogP contribution in [-0.4, -0.2) is 40.1 Å². The Balaban J connectivity index is 2.18. The molecule has 0 saturated carbocycles. The van der Waals surface area contributed by atoms with Crippen LogP contribution >= 0.6 is 0 Å². The van der Waals surface area contributed by atoms with E-state index >= 15 is 0 Å². The van der Waals surface area contributed by atoms with Crippen molar-refractivity contribution in [3.05, 3.63) is 48.5 Å². The van der Waals surface area contributed by atoms with Crippen molar-refractivity contribution in [2.24, 2.45) is 0 Å². The minimum atomic E-state index is -3.69. The molecule has 2 aromatic carbocycles. The Kier molecular flexibility index (Phi) is 6.40. The maximum atomic E-state index is 12.4. The summed E-state index contributed by atoms with van der Waals surface area (Å²) in [7, 11) is -2.22. The molecule has 0 atom stereocenters. The van der Waals surface area contributed by atoms with E-state index in [1.165, 1.54) is 20.1 Å². The molecule has 0 aromatic heterocycles. The number of hydrogen-bond donors (Lipinski definition) is 2. The van der Waals surface area contributed by atoms with E-state index in [0.29, 0.717) is 22.8 Å². The highest BCUT2D eigenvalue weighted by atomic mass is 32.2. The Labute approximate surface area is 158 Å². The zero-order valence-corrected chi connectivity index (χ0v) is 16.0. The second kappa shape index (κ2) is 8.54. The van der Waals surface area contributed by atoms with Crippen molar-refractivity contribution in [3.63, 3.8) is 0 Å². The Morgan fingerprint density at radius 1 is 1.04 bits per heavy atom. The van der Waals surface area contributed by atoms with Crippen LogP contribution < -0.4 is 19.7 Å². The lowest BCUT2D eigenvalue weighted by atomic mass is 10.2. The van der Waals surface area contributed by atoms with Crippen molar-refractivity contribution in [3.8, 4) is 5.75 Å². The van der Waals surface area contributed by atoms with E-state index in [0.717, 1.165) is 10.6 Å². The standard InChI is InChI=1S/C18H21N3O5S/c1-13(22)19-14-6-4-7-15(10-14)20-18(23)12-21(27(3,24)25)16-8-5-9-17(11-16)26-2/h4-11H,12H2,1-3H3,(H,19,22)(H,20,23). The number of amides is 2. The lowest BCUT2D eigenvalue weighted by Gasteiger charge is -2.22. The predicted molar refractivity (Wildman–Crippen MR) is 105 cm³/mol. The maximum absolute atomic E-state index is 12.4. The molecular formula is C18H21N3O5S. The topological polar surface area (TPSA) is 105 Å². The van der Waals surface area contributed by atoms with Gasteiger partial charge in [0.25, 0.3) is 0 Å². The molecule has 0 heterocycles. The summed E-state index contributed by atoms with van der Waals surface area (Å²) in [6.45, 7) is 0.972. The van der Waals surface area contributed by atoms with Gasteiger partial charge >= 0.3 is 0 Å². The monoisotopic (exact) mass is 391 g/mol. The van der Waals surface area contributed by atoms with Gasteiger partial charge in [-0.25, -0.2) is 8.42 Å². The fraction of sp³-hybridized carbons (Fsp3) is 0.222. The summed E-state index contributed by atoms with van der Waals surface area (Å²) in [5, 5.41) is 5.24. The predicted octanol–water partition coefficient (Wildman–Crippen LogP) is 2.06. The molecule has 0 bridgehead atoms. The quantitative estimate of drug-likeness (QED) is 0.752. The highest BCUT2D eigenvalue weighted by Gasteiger charge is 2.21. The second-order valence-electron chi connectivity index (χ2n) is 5.78. The van der Waals surface area contributed by atoms with Crippen molar-refractivity contribution in [1.82, 2.24) is 0 Å². The van der Waals surface area contributed by atoms with Crippen LogP contribution in [0, 0.1) is 0 Å². The first kappa shape index (κ1) is 20.2. The van der Waals surface area contributed by atoms with E-state index in [2.05, 4.69) is 10.6 Å². The fourth-order valence-corrected chi connectivity index (χ4v) is 3.22. The molecular weight excluding hydrogens is 370 g/mol. The fourth-order valence-electron chi connectivity index (χ4n) is 2.37. The Hall–Kier alpha value is -3.07. The number of carbonyl (C=O) groups is 2. The van der Waals surface area contributed by atoms with Crippen LogP contribution in [0.4, 0.5) is 17.1 Å². The molecule has 0 fully saturated rings. The molecule has 2 rings (SSSR count). The molecule has 0 saturated heterocycles. The molecule has 0 spiro atoms. The number of nitrogens with one attached hydrogen (secondary N) is 2. The summed E-state index contributed by atoms with van der Waals surface area (Å²) in [6.07, 6.45) is 1.02. The molecule has 0 aliphatic rings. The molecule has 27 heavy (non-hydrogen) atoms. The number of benzene rings is 2. The lowest BCUT2D eigenvalue weighted by Crippen LogP contribution is -2.37. The molecule has 2 amide bonds. The molecule has 9 heteroatoms. The van der Waals surface area contributed by atoms with E-state index in [-0.39, 0.29) is 5.91 Å². The largest absolute Gasteiger partial charge is 0.497 e. The average Bonchev–Trinajstić information content (AvgIpc) is 2.58. The van der Waals surface area contributed by atoms with Crippen molar-refractivity contribution in [2.75, 3.05) is 34.8 Å². The summed E-state index contributed by atoms with van der Waals surface area (Å²) < 4.78 is 30.4. The smallest absolute Gasteiger partial charge is 0.245 e. The first-order valence-corrected chi connectivity index (χ1v) is 9.83. The highest BCUT2D eigenvalue weighted by molar-refractivity contribution is 7.92.